The van der Waals surface area contributed by atoms with Crippen LogP contribution in [0, 0.1) is 5.92 Å². The lowest BCUT2D eigenvalue weighted by molar-refractivity contribution is -0.154. The normalized spacial score (nSPS) is 18.3. The summed E-state index contributed by atoms with van der Waals surface area (Å²) < 4.78 is 46.4. The molecule has 0 radical (unpaired) electrons. The highest BCUT2D eigenvalue weighted by atomic mass is 19.4. The number of rotatable bonds is 10. The van der Waals surface area contributed by atoms with Gasteiger partial charge in [0.05, 0.1) is 13.7 Å². The molecule has 1 aliphatic rings. The molecule has 0 saturated heterocycles. The van der Waals surface area contributed by atoms with Gasteiger partial charge in [0, 0.05) is 13.0 Å². The summed E-state index contributed by atoms with van der Waals surface area (Å²) in [5, 5.41) is 3.18. The first-order chi connectivity index (χ1) is 9.85. The van der Waals surface area contributed by atoms with Gasteiger partial charge in [-0.25, -0.2) is 4.79 Å². The van der Waals surface area contributed by atoms with Gasteiger partial charge in [-0.15, -0.1) is 0 Å². The monoisotopic (exact) mass is 311 g/mol. The fourth-order valence-electron chi connectivity index (χ4n) is 2.33. The molecule has 1 unspecified atom stereocenters. The molecular formula is C14H24F3NO3. The molecule has 21 heavy (non-hydrogen) atoms. The van der Waals surface area contributed by atoms with Crippen molar-refractivity contribution in [3.8, 4) is 0 Å². The fraction of sp³-hybridized carbons (Fsp3) is 0.929. The Bertz CT molecular complexity index is 332. The van der Waals surface area contributed by atoms with Crippen molar-refractivity contribution < 1.29 is 27.4 Å². The first-order valence-corrected chi connectivity index (χ1v) is 7.33. The molecule has 1 fully saturated rings. The van der Waals surface area contributed by atoms with Crippen LogP contribution in [0.3, 0.4) is 0 Å². The smallest absolute Gasteiger partial charge is 0.389 e. The molecule has 0 spiro atoms. The van der Waals surface area contributed by atoms with Crippen molar-refractivity contribution in [2.45, 2.75) is 50.7 Å². The lowest BCUT2D eigenvalue weighted by Gasteiger charge is -2.32. The zero-order valence-corrected chi connectivity index (χ0v) is 12.6. The molecule has 1 rings (SSSR count). The van der Waals surface area contributed by atoms with Crippen LogP contribution in [0.2, 0.25) is 0 Å². The Morgan fingerprint density at radius 3 is 2.48 bits per heavy atom. The quantitative estimate of drug-likeness (QED) is 0.498. The van der Waals surface area contributed by atoms with E-state index in [1.165, 1.54) is 7.11 Å². The van der Waals surface area contributed by atoms with E-state index in [-0.39, 0.29) is 25.6 Å². The van der Waals surface area contributed by atoms with Gasteiger partial charge in [0.2, 0.25) is 0 Å². The van der Waals surface area contributed by atoms with Gasteiger partial charge in [-0.3, -0.25) is 5.32 Å². The maximum absolute atomic E-state index is 12.1. The van der Waals surface area contributed by atoms with Crippen molar-refractivity contribution in [1.29, 1.82) is 0 Å². The lowest BCUT2D eigenvalue weighted by atomic mass is 9.94. The number of alkyl halides is 3. The molecule has 0 heterocycles. The van der Waals surface area contributed by atoms with Gasteiger partial charge in [-0.1, -0.05) is 6.92 Å². The molecule has 1 atom stereocenters. The Morgan fingerprint density at radius 2 is 2.00 bits per heavy atom. The number of nitrogens with one attached hydrogen (secondary N) is 1. The summed E-state index contributed by atoms with van der Waals surface area (Å²) in [5.74, 6) is -0.256. The molecule has 0 aromatic rings. The Morgan fingerprint density at radius 1 is 1.33 bits per heavy atom. The summed E-state index contributed by atoms with van der Waals surface area (Å²) >= 11 is 0. The topological polar surface area (TPSA) is 47.6 Å². The summed E-state index contributed by atoms with van der Waals surface area (Å²) in [6.45, 7) is 2.66. The highest BCUT2D eigenvalue weighted by Crippen LogP contribution is 2.40. The minimum atomic E-state index is -4.17. The van der Waals surface area contributed by atoms with E-state index in [4.69, 9.17) is 9.47 Å². The van der Waals surface area contributed by atoms with Crippen LogP contribution in [0.5, 0.6) is 0 Å². The number of hydrogen-bond donors (Lipinski definition) is 1. The minimum absolute atomic E-state index is 0.0151. The zero-order valence-electron chi connectivity index (χ0n) is 12.6. The van der Waals surface area contributed by atoms with E-state index < -0.39 is 24.1 Å². The number of ether oxygens (including phenoxy) is 2. The zero-order chi connectivity index (χ0) is 15.9. The largest absolute Gasteiger partial charge is 0.468 e. The van der Waals surface area contributed by atoms with Crippen LogP contribution >= 0.6 is 0 Å². The molecule has 0 aromatic carbocycles. The first-order valence-electron chi connectivity index (χ1n) is 7.33. The van der Waals surface area contributed by atoms with Crippen molar-refractivity contribution in [1.82, 2.24) is 5.32 Å². The van der Waals surface area contributed by atoms with Gasteiger partial charge in [0.1, 0.15) is 5.54 Å². The van der Waals surface area contributed by atoms with Gasteiger partial charge in [0.15, 0.2) is 0 Å². The number of esters is 1. The van der Waals surface area contributed by atoms with Crippen LogP contribution in [0.1, 0.15) is 39.0 Å². The second kappa shape index (κ2) is 7.98. The Labute approximate surface area is 123 Å². The molecule has 124 valence electrons. The molecule has 1 aliphatic carbocycles. The van der Waals surface area contributed by atoms with Gasteiger partial charge in [0.25, 0.3) is 0 Å². The van der Waals surface area contributed by atoms with Crippen LogP contribution in [0.25, 0.3) is 0 Å². The molecule has 0 aromatic heterocycles. The number of carbonyl (C=O) groups excluding carboxylic acids is 1. The van der Waals surface area contributed by atoms with E-state index in [1.54, 1.807) is 0 Å². The Hall–Kier alpha value is -0.820. The van der Waals surface area contributed by atoms with Crippen molar-refractivity contribution in [2.75, 3.05) is 26.9 Å². The predicted octanol–water partition coefficient (Wildman–Crippen LogP) is 2.67. The highest BCUT2D eigenvalue weighted by Gasteiger charge is 2.51. The van der Waals surface area contributed by atoms with E-state index in [1.807, 2.05) is 6.92 Å². The maximum Gasteiger partial charge on any atom is 0.389 e. The summed E-state index contributed by atoms with van der Waals surface area (Å²) in [4.78, 5) is 12.1. The first kappa shape index (κ1) is 18.2. The van der Waals surface area contributed by atoms with E-state index in [2.05, 4.69) is 5.32 Å². The molecule has 0 amide bonds. The van der Waals surface area contributed by atoms with Crippen LogP contribution < -0.4 is 5.32 Å². The third-order valence-corrected chi connectivity index (χ3v) is 3.59. The average Bonchev–Trinajstić information content (AvgIpc) is 3.24. The number of halogens is 3. The van der Waals surface area contributed by atoms with Gasteiger partial charge < -0.3 is 9.47 Å². The van der Waals surface area contributed by atoms with Crippen LogP contribution in [0.4, 0.5) is 13.2 Å². The maximum atomic E-state index is 12.1. The number of carbonyl (C=O) groups is 1. The van der Waals surface area contributed by atoms with E-state index >= 15 is 0 Å². The average molecular weight is 311 g/mol. The van der Waals surface area contributed by atoms with Gasteiger partial charge in [-0.2, -0.15) is 13.2 Å². The molecular weight excluding hydrogens is 287 g/mol. The van der Waals surface area contributed by atoms with Crippen molar-refractivity contribution in [3.05, 3.63) is 0 Å². The van der Waals surface area contributed by atoms with Crippen LogP contribution in [-0.2, 0) is 14.3 Å². The van der Waals surface area contributed by atoms with Crippen molar-refractivity contribution in [3.63, 3.8) is 0 Å². The predicted molar refractivity (Wildman–Crippen MR) is 71.9 cm³/mol. The highest BCUT2D eigenvalue weighted by molar-refractivity contribution is 5.82. The SMILES string of the molecule is CCCNC(COCCCC(F)(F)F)(C(=O)OC)C1CC1. The summed E-state index contributed by atoms with van der Waals surface area (Å²) in [6.07, 6.45) is -2.49. The molecule has 7 heteroatoms. The third kappa shape index (κ3) is 5.82. The van der Waals surface area contributed by atoms with E-state index in [9.17, 15) is 18.0 Å². The molecule has 0 bridgehead atoms. The number of methoxy groups -OCH3 is 1. The standard InChI is InChI=1S/C14H24F3NO3/c1-3-8-18-13(11-5-6-11,12(19)20-2)10-21-9-4-7-14(15,16)17/h11,18H,3-10H2,1-2H3. The van der Waals surface area contributed by atoms with Gasteiger partial charge in [-0.05, 0) is 38.1 Å². The Kier molecular flexibility index (Phi) is 6.93. The second-order valence-electron chi connectivity index (χ2n) is 5.44. The van der Waals surface area contributed by atoms with E-state index in [0.29, 0.717) is 6.54 Å². The fourth-order valence-corrected chi connectivity index (χ4v) is 2.33. The molecule has 1 saturated carbocycles. The van der Waals surface area contributed by atoms with Gasteiger partial charge >= 0.3 is 12.1 Å². The van der Waals surface area contributed by atoms with E-state index in [0.717, 1.165) is 19.3 Å². The molecule has 0 aliphatic heterocycles. The second-order valence-corrected chi connectivity index (χ2v) is 5.44. The van der Waals surface area contributed by atoms with Crippen molar-refractivity contribution >= 4 is 5.97 Å². The lowest BCUT2D eigenvalue weighted by Crippen LogP contribution is -2.58. The summed E-state index contributed by atoms with van der Waals surface area (Å²) in [6, 6.07) is 0. The molecule has 1 N–H and O–H groups in total. The summed E-state index contributed by atoms with van der Waals surface area (Å²) in [5.41, 5.74) is -0.914. The summed E-state index contributed by atoms with van der Waals surface area (Å²) in [7, 11) is 1.32. The molecule has 4 nitrogen and oxygen atoms in total. The minimum Gasteiger partial charge on any atom is -0.468 e. The third-order valence-electron chi connectivity index (χ3n) is 3.59. The number of hydrogen-bond acceptors (Lipinski definition) is 4. The van der Waals surface area contributed by atoms with Crippen LogP contribution in [-0.4, -0.2) is 44.6 Å². The Balaban J connectivity index is 2.50. The van der Waals surface area contributed by atoms with Crippen molar-refractivity contribution in [2.24, 2.45) is 5.92 Å². The van der Waals surface area contributed by atoms with Crippen LogP contribution in [0.15, 0.2) is 0 Å².